The van der Waals surface area contributed by atoms with E-state index >= 15 is 0 Å². The highest BCUT2D eigenvalue weighted by atomic mass is 35.5. The predicted octanol–water partition coefficient (Wildman–Crippen LogP) is 6.47. The maximum atomic E-state index is 6.36. The average Bonchev–Trinajstić information content (AvgIpc) is 2.54. The summed E-state index contributed by atoms with van der Waals surface area (Å²) in [5, 5.41) is 0.843. The molecule has 1 heteroatoms. The van der Waals surface area contributed by atoms with Crippen LogP contribution in [0.4, 0.5) is 0 Å². The van der Waals surface area contributed by atoms with Crippen LogP contribution in [-0.4, -0.2) is 0 Å². The van der Waals surface area contributed by atoms with Crippen LogP contribution in [0.3, 0.4) is 0 Å². The van der Waals surface area contributed by atoms with E-state index in [0.717, 1.165) is 28.3 Å². The molecule has 0 spiro atoms. The van der Waals surface area contributed by atoms with E-state index in [-0.39, 0.29) is 0 Å². The quantitative estimate of drug-likeness (QED) is 0.594. The molecule has 4 aliphatic rings. The van der Waals surface area contributed by atoms with Gasteiger partial charge in [-0.15, -0.1) is 0 Å². The minimum Gasteiger partial charge on any atom is -0.0837 e. The number of rotatable bonds is 2. The van der Waals surface area contributed by atoms with Gasteiger partial charge in [0, 0.05) is 10.6 Å². The highest BCUT2D eigenvalue weighted by Gasteiger charge is 2.51. The highest BCUT2D eigenvalue weighted by Crippen LogP contribution is 2.60. The van der Waals surface area contributed by atoms with Crippen molar-refractivity contribution in [3.8, 4) is 11.1 Å². The molecule has 0 heterocycles. The van der Waals surface area contributed by atoms with Gasteiger partial charge in [0.05, 0.1) is 0 Å². The maximum Gasteiger partial charge on any atom is 0.0484 e. The van der Waals surface area contributed by atoms with Gasteiger partial charge < -0.3 is 0 Å². The molecule has 0 radical (unpaired) electrons. The Balaban J connectivity index is 1.50. The monoisotopic (exact) mass is 322 g/mol. The van der Waals surface area contributed by atoms with Gasteiger partial charge in [0.2, 0.25) is 0 Å². The topological polar surface area (TPSA) is 0 Å². The molecule has 4 fully saturated rings. The molecule has 0 saturated heterocycles. The Bertz CT molecular complexity index is 693. The van der Waals surface area contributed by atoms with Crippen molar-refractivity contribution in [2.75, 3.05) is 0 Å². The summed E-state index contributed by atoms with van der Waals surface area (Å²) >= 11 is 6.36. The lowest BCUT2D eigenvalue weighted by molar-refractivity contribution is -0.00518. The van der Waals surface area contributed by atoms with Crippen LogP contribution >= 0.6 is 11.6 Å². The minimum atomic E-state index is 0.494. The molecule has 0 aliphatic heterocycles. The number of hydrogen-bond acceptors (Lipinski definition) is 0. The molecule has 23 heavy (non-hydrogen) atoms. The summed E-state index contributed by atoms with van der Waals surface area (Å²) in [4.78, 5) is 0. The normalized spacial score (nSPS) is 34.7. The van der Waals surface area contributed by atoms with Gasteiger partial charge in [-0.2, -0.15) is 0 Å². The van der Waals surface area contributed by atoms with Crippen LogP contribution in [0.25, 0.3) is 11.1 Å². The van der Waals surface area contributed by atoms with E-state index in [1.165, 1.54) is 44.1 Å². The van der Waals surface area contributed by atoms with Crippen molar-refractivity contribution in [3.05, 3.63) is 59.1 Å². The van der Waals surface area contributed by atoms with Gasteiger partial charge in [-0.25, -0.2) is 0 Å². The molecule has 0 aromatic heterocycles. The molecular weight excluding hydrogens is 300 g/mol. The molecule has 4 aliphatic carbocycles. The van der Waals surface area contributed by atoms with Crippen LogP contribution in [-0.2, 0) is 5.41 Å². The third kappa shape index (κ3) is 2.26. The van der Waals surface area contributed by atoms with Crippen LogP contribution in [0.1, 0.15) is 44.1 Å². The van der Waals surface area contributed by atoms with E-state index in [4.69, 9.17) is 11.6 Å². The summed E-state index contributed by atoms with van der Waals surface area (Å²) in [5.74, 6) is 3.01. The van der Waals surface area contributed by atoms with Crippen LogP contribution in [0.5, 0.6) is 0 Å². The molecule has 118 valence electrons. The molecule has 0 unspecified atom stereocenters. The Morgan fingerprint density at radius 3 is 1.87 bits per heavy atom. The highest BCUT2D eigenvalue weighted by molar-refractivity contribution is 6.33. The smallest absolute Gasteiger partial charge is 0.0484 e. The first-order valence-corrected chi connectivity index (χ1v) is 9.45. The molecular formula is C22H23Cl. The van der Waals surface area contributed by atoms with Crippen molar-refractivity contribution in [2.24, 2.45) is 17.8 Å². The fraction of sp³-hybridized carbons (Fsp3) is 0.455. The summed E-state index contributed by atoms with van der Waals surface area (Å²) in [6.07, 6.45) is 8.84. The van der Waals surface area contributed by atoms with Gasteiger partial charge in [-0.05, 0) is 78.9 Å². The van der Waals surface area contributed by atoms with Crippen LogP contribution in [0.2, 0.25) is 5.02 Å². The standard InChI is InChI=1S/C22H23Cl/c23-21-4-2-1-3-20(21)18-5-7-19(8-6-18)22-12-15-9-16(13-22)11-17(10-15)14-22/h1-8,15-17H,9-14H2. The Kier molecular flexibility index (Phi) is 3.14. The van der Waals surface area contributed by atoms with Crippen molar-refractivity contribution >= 4 is 11.6 Å². The first-order valence-electron chi connectivity index (χ1n) is 9.07. The second kappa shape index (κ2) is 5.11. The lowest BCUT2D eigenvalue weighted by atomic mass is 9.48. The largest absolute Gasteiger partial charge is 0.0837 e. The van der Waals surface area contributed by atoms with E-state index in [9.17, 15) is 0 Å². The van der Waals surface area contributed by atoms with Gasteiger partial charge in [0.15, 0.2) is 0 Å². The minimum absolute atomic E-state index is 0.494. The summed E-state index contributed by atoms with van der Waals surface area (Å²) in [6.45, 7) is 0. The maximum absolute atomic E-state index is 6.36. The second-order valence-electron chi connectivity index (χ2n) is 8.26. The Labute approximate surface area is 143 Å². The fourth-order valence-corrected chi connectivity index (χ4v) is 6.41. The zero-order valence-electron chi connectivity index (χ0n) is 13.5. The van der Waals surface area contributed by atoms with Gasteiger partial charge in [0.25, 0.3) is 0 Å². The molecule has 0 amide bonds. The number of halogens is 1. The first kappa shape index (κ1) is 14.1. The van der Waals surface area contributed by atoms with Crippen LogP contribution in [0.15, 0.2) is 48.5 Å². The van der Waals surface area contributed by atoms with E-state index in [2.05, 4.69) is 36.4 Å². The molecule has 6 rings (SSSR count). The van der Waals surface area contributed by atoms with Crippen molar-refractivity contribution < 1.29 is 0 Å². The molecule has 4 bridgehead atoms. The van der Waals surface area contributed by atoms with Gasteiger partial charge in [-0.1, -0.05) is 54.1 Å². The van der Waals surface area contributed by atoms with Crippen molar-refractivity contribution in [1.29, 1.82) is 0 Å². The van der Waals surface area contributed by atoms with E-state index in [1.807, 2.05) is 12.1 Å². The van der Waals surface area contributed by atoms with E-state index in [1.54, 1.807) is 5.56 Å². The van der Waals surface area contributed by atoms with Gasteiger partial charge in [0.1, 0.15) is 0 Å². The van der Waals surface area contributed by atoms with Crippen molar-refractivity contribution in [1.82, 2.24) is 0 Å². The second-order valence-corrected chi connectivity index (χ2v) is 8.66. The molecule has 0 N–H and O–H groups in total. The molecule has 2 aromatic carbocycles. The average molecular weight is 323 g/mol. The summed E-state index contributed by atoms with van der Waals surface area (Å²) in [7, 11) is 0. The Morgan fingerprint density at radius 1 is 0.739 bits per heavy atom. The lowest BCUT2D eigenvalue weighted by Crippen LogP contribution is -2.48. The zero-order chi connectivity index (χ0) is 15.4. The number of benzene rings is 2. The fourth-order valence-electron chi connectivity index (χ4n) is 6.16. The number of hydrogen-bond donors (Lipinski definition) is 0. The molecule has 0 atom stereocenters. The summed E-state index contributed by atoms with van der Waals surface area (Å²) in [6, 6.07) is 17.5. The van der Waals surface area contributed by atoms with Crippen LogP contribution < -0.4 is 0 Å². The van der Waals surface area contributed by atoms with Crippen molar-refractivity contribution in [3.63, 3.8) is 0 Å². The third-order valence-corrected chi connectivity index (χ3v) is 7.05. The zero-order valence-corrected chi connectivity index (χ0v) is 14.2. The van der Waals surface area contributed by atoms with Crippen LogP contribution in [0, 0.1) is 17.8 Å². The van der Waals surface area contributed by atoms with E-state index < -0.39 is 0 Å². The molecule has 2 aromatic rings. The first-order chi connectivity index (χ1) is 11.2. The molecule has 0 nitrogen and oxygen atoms in total. The van der Waals surface area contributed by atoms with Gasteiger partial charge in [-0.3, -0.25) is 0 Å². The van der Waals surface area contributed by atoms with Crippen molar-refractivity contribution in [2.45, 2.75) is 43.9 Å². The molecule has 4 saturated carbocycles. The SMILES string of the molecule is Clc1ccccc1-c1ccc(C23CC4CC(CC(C4)C2)C3)cc1. The summed E-state index contributed by atoms with van der Waals surface area (Å²) in [5.41, 5.74) is 4.47. The predicted molar refractivity (Wildman–Crippen MR) is 96.7 cm³/mol. The Hall–Kier alpha value is -1.27. The van der Waals surface area contributed by atoms with E-state index in [0.29, 0.717) is 5.41 Å². The Morgan fingerprint density at radius 2 is 1.30 bits per heavy atom. The van der Waals surface area contributed by atoms with Gasteiger partial charge >= 0.3 is 0 Å². The third-order valence-electron chi connectivity index (χ3n) is 6.72. The lowest BCUT2D eigenvalue weighted by Gasteiger charge is -2.57. The summed E-state index contributed by atoms with van der Waals surface area (Å²) < 4.78 is 0.